The van der Waals surface area contributed by atoms with Crippen molar-refractivity contribution in [2.24, 2.45) is 5.73 Å². The van der Waals surface area contributed by atoms with Crippen LogP contribution in [0.4, 0.5) is 0 Å². The summed E-state index contributed by atoms with van der Waals surface area (Å²) in [6.07, 6.45) is 2.01. The first kappa shape index (κ1) is 15.4. The molecule has 0 aliphatic carbocycles. The Bertz CT molecular complexity index is 242. The summed E-state index contributed by atoms with van der Waals surface area (Å²) in [5.41, 5.74) is 5.55. The van der Waals surface area contributed by atoms with Crippen molar-refractivity contribution in [3.8, 4) is 0 Å². The number of hydrogen-bond acceptors (Lipinski definition) is 4. The van der Waals surface area contributed by atoms with Crippen molar-refractivity contribution in [1.82, 2.24) is 9.80 Å². The van der Waals surface area contributed by atoms with Crippen LogP contribution >= 0.6 is 0 Å². The minimum absolute atomic E-state index is 0.0467. The molecule has 1 saturated heterocycles. The molecule has 18 heavy (non-hydrogen) atoms. The highest BCUT2D eigenvalue weighted by molar-refractivity contribution is 5.81. The van der Waals surface area contributed by atoms with Gasteiger partial charge in [-0.15, -0.1) is 0 Å². The highest BCUT2D eigenvalue weighted by atomic mass is 16.5. The Labute approximate surface area is 110 Å². The maximum Gasteiger partial charge on any atom is 0.239 e. The lowest BCUT2D eigenvalue weighted by molar-refractivity contribution is -0.140. The molecule has 1 aliphatic heterocycles. The van der Waals surface area contributed by atoms with Gasteiger partial charge in [-0.1, -0.05) is 6.92 Å². The van der Waals surface area contributed by atoms with Crippen LogP contribution in [-0.2, 0) is 9.53 Å². The molecule has 5 heteroatoms. The van der Waals surface area contributed by atoms with Gasteiger partial charge >= 0.3 is 0 Å². The molecule has 0 bridgehead atoms. The Kier molecular flexibility index (Phi) is 7.23. The van der Waals surface area contributed by atoms with E-state index in [0.29, 0.717) is 19.8 Å². The van der Waals surface area contributed by atoms with E-state index in [2.05, 4.69) is 11.8 Å². The molecule has 0 aromatic rings. The minimum Gasteiger partial charge on any atom is -0.378 e. The summed E-state index contributed by atoms with van der Waals surface area (Å²) in [6.45, 7) is 9.45. The van der Waals surface area contributed by atoms with Crippen LogP contribution in [0.5, 0.6) is 0 Å². The van der Waals surface area contributed by atoms with Crippen LogP contribution in [0.15, 0.2) is 0 Å². The number of nitrogens with two attached hydrogens (primary N) is 1. The largest absolute Gasteiger partial charge is 0.378 e. The normalized spacial score (nSPS) is 18.1. The van der Waals surface area contributed by atoms with Crippen LogP contribution in [0.3, 0.4) is 0 Å². The smallest absolute Gasteiger partial charge is 0.239 e. The number of carbonyl (C=O) groups is 1. The summed E-state index contributed by atoms with van der Waals surface area (Å²) >= 11 is 0. The number of hydrogen-bond donors (Lipinski definition) is 1. The topological polar surface area (TPSA) is 58.8 Å². The lowest BCUT2D eigenvalue weighted by atomic mass is 10.2. The predicted molar refractivity (Wildman–Crippen MR) is 72.4 cm³/mol. The monoisotopic (exact) mass is 257 g/mol. The zero-order chi connectivity index (χ0) is 13.4. The molecule has 1 fully saturated rings. The summed E-state index contributed by atoms with van der Waals surface area (Å²) in [6, 6.07) is -0.0467. The van der Waals surface area contributed by atoms with Crippen molar-refractivity contribution in [3.05, 3.63) is 0 Å². The maximum atomic E-state index is 12.4. The molecular weight excluding hydrogens is 230 g/mol. The number of morpholine rings is 1. The Morgan fingerprint density at radius 2 is 2.06 bits per heavy atom. The molecule has 1 rings (SSSR count). The van der Waals surface area contributed by atoms with E-state index in [9.17, 15) is 4.79 Å². The zero-order valence-corrected chi connectivity index (χ0v) is 11.7. The number of ether oxygens (including phenoxy) is 1. The SMILES string of the molecule is CCCN(CCCN)C(C)C(=O)N1CCOCC1. The van der Waals surface area contributed by atoms with E-state index in [1.807, 2.05) is 11.8 Å². The van der Waals surface area contributed by atoms with Gasteiger partial charge in [0.2, 0.25) is 5.91 Å². The average molecular weight is 257 g/mol. The fraction of sp³-hybridized carbons (Fsp3) is 0.923. The number of rotatable bonds is 7. The Morgan fingerprint density at radius 3 is 2.61 bits per heavy atom. The van der Waals surface area contributed by atoms with Gasteiger partial charge in [-0.3, -0.25) is 9.69 Å². The molecule has 5 nitrogen and oxygen atoms in total. The van der Waals surface area contributed by atoms with Crippen LogP contribution in [0.1, 0.15) is 26.7 Å². The van der Waals surface area contributed by atoms with E-state index in [0.717, 1.165) is 39.0 Å². The van der Waals surface area contributed by atoms with E-state index < -0.39 is 0 Å². The van der Waals surface area contributed by atoms with Crippen LogP contribution in [0, 0.1) is 0 Å². The average Bonchev–Trinajstić information content (AvgIpc) is 2.43. The van der Waals surface area contributed by atoms with E-state index in [4.69, 9.17) is 10.5 Å². The molecule has 0 aromatic carbocycles. The van der Waals surface area contributed by atoms with Gasteiger partial charge in [-0.2, -0.15) is 0 Å². The maximum absolute atomic E-state index is 12.4. The number of carbonyl (C=O) groups excluding carboxylic acids is 1. The van der Waals surface area contributed by atoms with Crippen molar-refractivity contribution in [3.63, 3.8) is 0 Å². The zero-order valence-electron chi connectivity index (χ0n) is 11.7. The Balaban J connectivity index is 2.50. The first-order valence-electron chi connectivity index (χ1n) is 7.01. The standard InChI is InChI=1S/C13H27N3O2/c1-3-6-15(7-4-5-14)12(2)13(17)16-8-10-18-11-9-16/h12H,3-11,14H2,1-2H3. The molecule has 2 N–H and O–H groups in total. The Morgan fingerprint density at radius 1 is 1.39 bits per heavy atom. The molecule has 0 spiro atoms. The van der Waals surface area contributed by atoms with Gasteiger partial charge in [-0.05, 0) is 32.9 Å². The molecule has 1 unspecified atom stereocenters. The molecule has 0 aromatic heterocycles. The van der Waals surface area contributed by atoms with Gasteiger partial charge in [0.15, 0.2) is 0 Å². The van der Waals surface area contributed by atoms with Crippen LogP contribution in [0.25, 0.3) is 0 Å². The van der Waals surface area contributed by atoms with Crippen LogP contribution in [-0.4, -0.2) is 67.7 Å². The van der Waals surface area contributed by atoms with Crippen molar-refractivity contribution in [2.75, 3.05) is 45.9 Å². The predicted octanol–water partition coefficient (Wildman–Crippen LogP) is 0.295. The second-order valence-electron chi connectivity index (χ2n) is 4.79. The van der Waals surface area contributed by atoms with E-state index in [-0.39, 0.29) is 11.9 Å². The second-order valence-corrected chi connectivity index (χ2v) is 4.79. The van der Waals surface area contributed by atoms with Crippen LogP contribution < -0.4 is 5.73 Å². The molecule has 1 aliphatic rings. The van der Waals surface area contributed by atoms with Crippen molar-refractivity contribution >= 4 is 5.91 Å². The lowest BCUT2D eigenvalue weighted by Crippen LogP contribution is -2.51. The molecule has 106 valence electrons. The molecular formula is C13H27N3O2. The van der Waals surface area contributed by atoms with Gasteiger partial charge in [0, 0.05) is 19.6 Å². The summed E-state index contributed by atoms with van der Waals surface area (Å²) < 4.78 is 5.28. The van der Waals surface area contributed by atoms with Gasteiger partial charge in [0.25, 0.3) is 0 Å². The number of nitrogens with zero attached hydrogens (tertiary/aromatic N) is 2. The summed E-state index contributed by atoms with van der Waals surface area (Å²) in [4.78, 5) is 16.5. The first-order chi connectivity index (χ1) is 8.70. The molecule has 0 radical (unpaired) electrons. The van der Waals surface area contributed by atoms with E-state index in [1.54, 1.807) is 0 Å². The third kappa shape index (κ3) is 4.55. The van der Waals surface area contributed by atoms with Crippen molar-refractivity contribution in [1.29, 1.82) is 0 Å². The fourth-order valence-corrected chi connectivity index (χ4v) is 2.28. The second kappa shape index (κ2) is 8.45. The third-order valence-electron chi connectivity index (χ3n) is 3.39. The van der Waals surface area contributed by atoms with Crippen molar-refractivity contribution in [2.45, 2.75) is 32.7 Å². The lowest BCUT2D eigenvalue weighted by Gasteiger charge is -2.34. The quantitative estimate of drug-likeness (QED) is 0.712. The van der Waals surface area contributed by atoms with E-state index in [1.165, 1.54) is 0 Å². The highest BCUT2D eigenvalue weighted by Crippen LogP contribution is 2.08. The number of amides is 1. The highest BCUT2D eigenvalue weighted by Gasteiger charge is 2.26. The van der Waals surface area contributed by atoms with Gasteiger partial charge in [-0.25, -0.2) is 0 Å². The molecule has 1 atom stereocenters. The first-order valence-corrected chi connectivity index (χ1v) is 7.01. The molecule has 0 saturated carbocycles. The minimum atomic E-state index is -0.0467. The summed E-state index contributed by atoms with van der Waals surface area (Å²) in [7, 11) is 0. The third-order valence-corrected chi connectivity index (χ3v) is 3.39. The summed E-state index contributed by atoms with van der Waals surface area (Å²) in [5.74, 6) is 0.226. The fourth-order valence-electron chi connectivity index (χ4n) is 2.28. The molecule has 1 amide bonds. The Hall–Kier alpha value is -0.650. The van der Waals surface area contributed by atoms with Crippen LogP contribution in [0.2, 0.25) is 0 Å². The van der Waals surface area contributed by atoms with Gasteiger partial charge < -0.3 is 15.4 Å². The van der Waals surface area contributed by atoms with Gasteiger partial charge in [0.05, 0.1) is 19.3 Å². The van der Waals surface area contributed by atoms with Gasteiger partial charge in [0.1, 0.15) is 0 Å². The molecule has 1 heterocycles. The van der Waals surface area contributed by atoms with Crippen molar-refractivity contribution < 1.29 is 9.53 Å². The van der Waals surface area contributed by atoms with E-state index >= 15 is 0 Å². The summed E-state index contributed by atoms with van der Waals surface area (Å²) in [5, 5.41) is 0.